The summed E-state index contributed by atoms with van der Waals surface area (Å²) in [6.07, 6.45) is 2.52. The molecule has 0 bridgehead atoms. The Morgan fingerprint density at radius 2 is 1.68 bits per heavy atom. The van der Waals surface area contributed by atoms with Gasteiger partial charge < -0.3 is 33.7 Å². The molecule has 0 radical (unpaired) electrons. The summed E-state index contributed by atoms with van der Waals surface area (Å²) >= 11 is 0. The number of hydrogen-bond donors (Lipinski definition) is 1. The number of ketones is 1. The number of carbonyl (C=O) groups is 2. The van der Waals surface area contributed by atoms with E-state index in [1.165, 1.54) is 21.3 Å². The van der Waals surface area contributed by atoms with Gasteiger partial charge in [0.25, 0.3) is 0 Å². The van der Waals surface area contributed by atoms with Gasteiger partial charge in [-0.25, -0.2) is 4.79 Å². The van der Waals surface area contributed by atoms with Crippen LogP contribution in [-0.2, 0) is 19.1 Å². The first-order chi connectivity index (χ1) is 19.9. The van der Waals surface area contributed by atoms with Crippen molar-refractivity contribution in [3.63, 3.8) is 0 Å². The predicted molar refractivity (Wildman–Crippen MR) is 152 cm³/mol. The topological polar surface area (TPSA) is 102 Å². The fraction of sp³-hybridized carbons (Fsp3) is 0.438. The molecule has 2 aromatic rings. The summed E-state index contributed by atoms with van der Waals surface area (Å²) < 4.78 is 33.8. The number of esters is 1. The molecular weight excluding hydrogens is 526 g/mol. The van der Waals surface area contributed by atoms with Crippen molar-refractivity contribution in [2.75, 3.05) is 41.7 Å². The van der Waals surface area contributed by atoms with Crippen LogP contribution in [0.15, 0.2) is 58.9 Å². The fourth-order valence-electron chi connectivity index (χ4n) is 6.16. The standard InChI is InChI=1S/C32H37NO8/c1-18-28(32(35)41-17-21-9-8-12-40-21)29(20-15-26(37-3)31(39-5)27(16-20)38-4)30-23(33-18)13-19(14-24(30)34)22-10-6-7-11-25(22)36-2/h6-7,10-11,15-16,19,21,29,33H,8-9,12-14,17H2,1-5H3/t19-,21-,29-/m0/s1. The van der Waals surface area contributed by atoms with E-state index in [1.54, 1.807) is 19.2 Å². The van der Waals surface area contributed by atoms with Crippen LogP contribution in [0.25, 0.3) is 0 Å². The van der Waals surface area contributed by atoms with Crippen LogP contribution in [-0.4, -0.2) is 59.5 Å². The van der Waals surface area contributed by atoms with Crippen LogP contribution < -0.4 is 24.3 Å². The highest BCUT2D eigenvalue weighted by molar-refractivity contribution is 6.04. The molecular formula is C32H37NO8. The van der Waals surface area contributed by atoms with Gasteiger partial charge in [-0.05, 0) is 55.5 Å². The van der Waals surface area contributed by atoms with E-state index in [-0.39, 0.29) is 30.8 Å². The van der Waals surface area contributed by atoms with E-state index in [2.05, 4.69) is 5.32 Å². The Labute approximate surface area is 240 Å². The minimum Gasteiger partial charge on any atom is -0.496 e. The molecule has 2 aromatic carbocycles. The monoisotopic (exact) mass is 563 g/mol. The summed E-state index contributed by atoms with van der Waals surface area (Å²) in [7, 11) is 6.24. The van der Waals surface area contributed by atoms with Crippen molar-refractivity contribution in [1.82, 2.24) is 5.32 Å². The van der Waals surface area contributed by atoms with Crippen LogP contribution >= 0.6 is 0 Å². The van der Waals surface area contributed by atoms with E-state index in [9.17, 15) is 9.59 Å². The highest BCUT2D eigenvalue weighted by Gasteiger charge is 2.42. The van der Waals surface area contributed by atoms with Crippen molar-refractivity contribution in [2.45, 2.75) is 50.5 Å². The molecule has 0 amide bonds. The number of dihydropyridines is 1. The first kappa shape index (κ1) is 28.5. The van der Waals surface area contributed by atoms with Gasteiger partial charge in [-0.15, -0.1) is 0 Å². The Balaban J connectivity index is 1.59. The third kappa shape index (κ3) is 5.51. The van der Waals surface area contributed by atoms with Crippen LogP contribution in [0.4, 0.5) is 0 Å². The van der Waals surface area contributed by atoms with Crippen molar-refractivity contribution in [3.05, 3.63) is 70.1 Å². The number of benzene rings is 2. The molecule has 41 heavy (non-hydrogen) atoms. The Morgan fingerprint density at radius 1 is 0.976 bits per heavy atom. The highest BCUT2D eigenvalue weighted by Crippen LogP contribution is 2.49. The molecule has 2 aliphatic heterocycles. The second kappa shape index (κ2) is 12.3. The zero-order valence-electron chi connectivity index (χ0n) is 24.2. The molecule has 3 aliphatic rings. The van der Waals surface area contributed by atoms with Crippen molar-refractivity contribution < 1.29 is 38.0 Å². The maximum absolute atomic E-state index is 14.0. The van der Waals surface area contributed by atoms with Crippen LogP contribution in [0, 0.1) is 0 Å². The Bertz CT molecular complexity index is 1360. The van der Waals surface area contributed by atoms with Crippen LogP contribution in [0.3, 0.4) is 0 Å². The van der Waals surface area contributed by atoms with Gasteiger partial charge in [0.15, 0.2) is 17.3 Å². The maximum atomic E-state index is 14.0. The van der Waals surface area contributed by atoms with Gasteiger partial charge in [0.2, 0.25) is 5.75 Å². The summed E-state index contributed by atoms with van der Waals surface area (Å²) in [6.45, 7) is 2.67. The van der Waals surface area contributed by atoms with E-state index in [4.69, 9.17) is 28.4 Å². The molecule has 9 nitrogen and oxygen atoms in total. The Kier molecular flexibility index (Phi) is 8.54. The molecule has 1 aliphatic carbocycles. The summed E-state index contributed by atoms with van der Waals surface area (Å²) in [5, 5.41) is 3.40. The lowest BCUT2D eigenvalue weighted by Gasteiger charge is -2.37. The summed E-state index contributed by atoms with van der Waals surface area (Å²) in [5.41, 5.74) is 3.98. The van der Waals surface area contributed by atoms with E-state index >= 15 is 0 Å². The first-order valence-corrected chi connectivity index (χ1v) is 13.9. The van der Waals surface area contributed by atoms with Crippen molar-refractivity contribution >= 4 is 11.8 Å². The number of ether oxygens (including phenoxy) is 6. The molecule has 0 spiro atoms. The number of methoxy groups -OCH3 is 4. The van der Waals surface area contributed by atoms with Crippen LogP contribution in [0.1, 0.15) is 55.6 Å². The van der Waals surface area contributed by atoms with Gasteiger partial charge in [0, 0.05) is 41.8 Å². The SMILES string of the molecule is COc1ccccc1[C@@H]1CC(=O)C2=C(C1)NC(C)=C(C(=O)OC[C@@H]1CCCO1)[C@@H]2c1cc(OC)c(OC)c(OC)c1. The summed E-state index contributed by atoms with van der Waals surface area (Å²) in [6, 6.07) is 11.4. The average Bonchev–Trinajstić information content (AvgIpc) is 3.52. The Morgan fingerprint density at radius 3 is 2.32 bits per heavy atom. The zero-order valence-corrected chi connectivity index (χ0v) is 24.2. The van der Waals surface area contributed by atoms with Crippen molar-refractivity contribution in [1.29, 1.82) is 0 Å². The normalized spacial score (nSPS) is 22.2. The molecule has 0 unspecified atom stereocenters. The number of allylic oxidation sites excluding steroid dienone is 3. The molecule has 3 atom stereocenters. The molecule has 1 fully saturated rings. The molecule has 0 saturated carbocycles. The zero-order chi connectivity index (χ0) is 29.1. The molecule has 5 rings (SSSR count). The molecule has 0 aromatic heterocycles. The number of hydrogen-bond acceptors (Lipinski definition) is 9. The average molecular weight is 564 g/mol. The third-order valence-corrected chi connectivity index (χ3v) is 8.07. The Hall–Kier alpha value is -3.98. The number of rotatable bonds is 9. The summed E-state index contributed by atoms with van der Waals surface area (Å²) in [5.74, 6) is 0.730. The maximum Gasteiger partial charge on any atom is 0.336 e. The largest absolute Gasteiger partial charge is 0.496 e. The van der Waals surface area contributed by atoms with E-state index in [0.717, 1.165) is 29.9 Å². The van der Waals surface area contributed by atoms with Gasteiger partial charge in [0.05, 0.1) is 40.1 Å². The van der Waals surface area contributed by atoms with Crippen molar-refractivity contribution in [2.24, 2.45) is 0 Å². The second-order valence-corrected chi connectivity index (χ2v) is 10.5. The second-order valence-electron chi connectivity index (χ2n) is 10.5. The van der Waals surface area contributed by atoms with Crippen LogP contribution in [0.5, 0.6) is 23.0 Å². The number of carbonyl (C=O) groups excluding carboxylic acids is 2. The molecule has 9 heteroatoms. The van der Waals surface area contributed by atoms with E-state index in [0.29, 0.717) is 52.7 Å². The lowest BCUT2D eigenvalue weighted by Crippen LogP contribution is -2.36. The highest BCUT2D eigenvalue weighted by atomic mass is 16.6. The molecule has 218 valence electrons. The van der Waals surface area contributed by atoms with Gasteiger partial charge in [-0.2, -0.15) is 0 Å². The fourth-order valence-corrected chi connectivity index (χ4v) is 6.16. The number of nitrogens with one attached hydrogen (secondary N) is 1. The quantitative estimate of drug-likeness (QED) is 0.431. The molecule has 1 N–H and O–H groups in total. The van der Waals surface area contributed by atoms with Gasteiger partial charge >= 0.3 is 5.97 Å². The van der Waals surface area contributed by atoms with E-state index < -0.39 is 11.9 Å². The predicted octanol–water partition coefficient (Wildman–Crippen LogP) is 4.80. The first-order valence-electron chi connectivity index (χ1n) is 13.9. The third-order valence-electron chi connectivity index (χ3n) is 8.07. The minimum absolute atomic E-state index is 0.0506. The number of Topliss-reactive ketones (excluding diaryl/α,β-unsaturated/α-hetero) is 1. The van der Waals surface area contributed by atoms with Crippen LogP contribution in [0.2, 0.25) is 0 Å². The lowest BCUT2D eigenvalue weighted by molar-refractivity contribution is -0.142. The van der Waals surface area contributed by atoms with E-state index in [1.807, 2.05) is 31.2 Å². The number of para-hydroxylation sites is 1. The van der Waals surface area contributed by atoms with Gasteiger partial charge in [-0.1, -0.05) is 18.2 Å². The molecule has 1 saturated heterocycles. The minimum atomic E-state index is -0.692. The van der Waals surface area contributed by atoms with Gasteiger partial charge in [-0.3, -0.25) is 4.79 Å². The smallest absolute Gasteiger partial charge is 0.336 e. The van der Waals surface area contributed by atoms with Gasteiger partial charge in [0.1, 0.15) is 12.4 Å². The molecule has 2 heterocycles. The van der Waals surface area contributed by atoms with Crippen molar-refractivity contribution in [3.8, 4) is 23.0 Å². The summed E-state index contributed by atoms with van der Waals surface area (Å²) in [4.78, 5) is 27.8. The lowest BCUT2D eigenvalue weighted by atomic mass is 9.71.